The summed E-state index contributed by atoms with van der Waals surface area (Å²) in [6.45, 7) is 5.72. The third-order valence-corrected chi connectivity index (χ3v) is 1.80. The van der Waals surface area contributed by atoms with Crippen LogP contribution < -0.4 is 5.32 Å². The van der Waals surface area contributed by atoms with Gasteiger partial charge in [-0.05, 0) is 25.8 Å². The van der Waals surface area contributed by atoms with Crippen LogP contribution >= 0.6 is 0 Å². The molecule has 1 unspecified atom stereocenters. The highest BCUT2D eigenvalue weighted by molar-refractivity contribution is 4.64. The van der Waals surface area contributed by atoms with Gasteiger partial charge in [-0.2, -0.15) is 0 Å². The minimum atomic E-state index is 0.307. The molecular formula is C9H21NO. The van der Waals surface area contributed by atoms with Crippen LogP contribution in [-0.4, -0.2) is 24.3 Å². The van der Waals surface area contributed by atoms with Gasteiger partial charge in [-0.25, -0.2) is 0 Å². The fourth-order valence-electron chi connectivity index (χ4n) is 1.20. The van der Waals surface area contributed by atoms with Crippen molar-refractivity contribution >= 4 is 0 Å². The van der Waals surface area contributed by atoms with Gasteiger partial charge in [0.2, 0.25) is 0 Å². The molecule has 0 heterocycles. The summed E-state index contributed by atoms with van der Waals surface area (Å²) in [4.78, 5) is 0. The Morgan fingerprint density at radius 3 is 2.36 bits per heavy atom. The van der Waals surface area contributed by atoms with Crippen molar-refractivity contribution < 1.29 is 5.11 Å². The molecule has 0 bridgehead atoms. The van der Waals surface area contributed by atoms with Crippen LogP contribution in [0.15, 0.2) is 0 Å². The lowest BCUT2D eigenvalue weighted by atomic mass is 10.1. The van der Waals surface area contributed by atoms with Crippen LogP contribution in [-0.2, 0) is 0 Å². The number of aliphatic hydroxyl groups is 1. The molecule has 0 rings (SSSR count). The molecule has 0 saturated heterocycles. The molecule has 0 aliphatic rings. The molecule has 0 radical (unpaired) electrons. The van der Waals surface area contributed by atoms with E-state index < -0.39 is 0 Å². The summed E-state index contributed by atoms with van der Waals surface area (Å²) >= 11 is 0. The van der Waals surface area contributed by atoms with E-state index in [9.17, 15) is 0 Å². The zero-order chi connectivity index (χ0) is 8.53. The summed E-state index contributed by atoms with van der Waals surface area (Å²) in [5.41, 5.74) is 0. The maximum absolute atomic E-state index is 8.72. The molecule has 0 fully saturated rings. The van der Waals surface area contributed by atoms with E-state index in [4.69, 9.17) is 5.11 Å². The first kappa shape index (κ1) is 10.9. The first-order valence-electron chi connectivity index (χ1n) is 4.69. The van der Waals surface area contributed by atoms with Gasteiger partial charge in [0.15, 0.2) is 0 Å². The SMILES string of the molecule is CCCNC(CCC)CCO. The van der Waals surface area contributed by atoms with E-state index >= 15 is 0 Å². The van der Waals surface area contributed by atoms with Crippen LogP contribution in [0.4, 0.5) is 0 Å². The number of hydrogen-bond donors (Lipinski definition) is 2. The largest absolute Gasteiger partial charge is 0.396 e. The third kappa shape index (κ3) is 6.32. The van der Waals surface area contributed by atoms with Crippen LogP contribution in [0, 0.1) is 0 Å². The van der Waals surface area contributed by atoms with Crippen LogP contribution in [0.25, 0.3) is 0 Å². The summed E-state index contributed by atoms with van der Waals surface area (Å²) in [5.74, 6) is 0. The summed E-state index contributed by atoms with van der Waals surface area (Å²) in [6, 6.07) is 0.532. The first-order valence-corrected chi connectivity index (χ1v) is 4.69. The highest BCUT2D eigenvalue weighted by Crippen LogP contribution is 2.00. The van der Waals surface area contributed by atoms with Gasteiger partial charge in [-0.15, -0.1) is 0 Å². The predicted octanol–water partition coefficient (Wildman–Crippen LogP) is 1.54. The van der Waals surface area contributed by atoms with Gasteiger partial charge < -0.3 is 10.4 Å². The van der Waals surface area contributed by atoms with Gasteiger partial charge in [0.25, 0.3) is 0 Å². The van der Waals surface area contributed by atoms with Crippen LogP contribution in [0.5, 0.6) is 0 Å². The summed E-state index contributed by atoms with van der Waals surface area (Å²) in [7, 11) is 0. The molecule has 0 amide bonds. The topological polar surface area (TPSA) is 32.3 Å². The van der Waals surface area contributed by atoms with Crippen molar-refractivity contribution in [2.75, 3.05) is 13.2 Å². The summed E-state index contributed by atoms with van der Waals surface area (Å²) < 4.78 is 0. The molecule has 2 nitrogen and oxygen atoms in total. The van der Waals surface area contributed by atoms with E-state index in [1.807, 2.05) is 0 Å². The van der Waals surface area contributed by atoms with E-state index in [1.165, 1.54) is 19.3 Å². The Morgan fingerprint density at radius 1 is 1.18 bits per heavy atom. The monoisotopic (exact) mass is 159 g/mol. The Morgan fingerprint density at radius 2 is 1.91 bits per heavy atom. The zero-order valence-electron chi connectivity index (χ0n) is 7.77. The molecule has 11 heavy (non-hydrogen) atoms. The van der Waals surface area contributed by atoms with Crippen LogP contribution in [0.1, 0.15) is 39.5 Å². The minimum absolute atomic E-state index is 0.307. The molecule has 2 N–H and O–H groups in total. The average Bonchev–Trinajstić information content (AvgIpc) is 2.01. The number of rotatable bonds is 7. The van der Waals surface area contributed by atoms with E-state index in [0.29, 0.717) is 12.6 Å². The fourth-order valence-corrected chi connectivity index (χ4v) is 1.20. The van der Waals surface area contributed by atoms with E-state index in [-0.39, 0.29) is 0 Å². The van der Waals surface area contributed by atoms with Gasteiger partial charge in [-0.3, -0.25) is 0 Å². The van der Waals surface area contributed by atoms with Gasteiger partial charge >= 0.3 is 0 Å². The van der Waals surface area contributed by atoms with Crippen molar-refractivity contribution in [1.82, 2.24) is 5.32 Å². The highest BCUT2D eigenvalue weighted by atomic mass is 16.3. The van der Waals surface area contributed by atoms with Crippen molar-refractivity contribution in [2.24, 2.45) is 0 Å². The lowest BCUT2D eigenvalue weighted by Crippen LogP contribution is -2.30. The normalized spacial score (nSPS) is 13.4. The molecule has 0 aliphatic heterocycles. The van der Waals surface area contributed by atoms with Gasteiger partial charge in [0, 0.05) is 12.6 Å². The van der Waals surface area contributed by atoms with Gasteiger partial charge in [0.05, 0.1) is 0 Å². The van der Waals surface area contributed by atoms with Crippen LogP contribution in [0.2, 0.25) is 0 Å². The molecule has 0 aromatic carbocycles. The second-order valence-corrected chi connectivity index (χ2v) is 2.95. The molecule has 1 atom stereocenters. The minimum Gasteiger partial charge on any atom is -0.396 e. The number of nitrogens with one attached hydrogen (secondary N) is 1. The van der Waals surface area contributed by atoms with Gasteiger partial charge in [-0.1, -0.05) is 20.3 Å². The molecule has 0 spiro atoms. The standard InChI is InChI=1S/C9H21NO/c1-3-5-9(6-8-11)10-7-4-2/h9-11H,3-8H2,1-2H3. The Kier molecular flexibility index (Phi) is 7.96. The Hall–Kier alpha value is -0.0800. The molecule has 0 aromatic heterocycles. The molecule has 2 heteroatoms. The van der Waals surface area contributed by atoms with Gasteiger partial charge in [0.1, 0.15) is 0 Å². The van der Waals surface area contributed by atoms with E-state index in [0.717, 1.165) is 13.0 Å². The zero-order valence-corrected chi connectivity index (χ0v) is 7.77. The Balaban J connectivity index is 3.34. The van der Waals surface area contributed by atoms with Crippen molar-refractivity contribution in [3.05, 3.63) is 0 Å². The molecule has 68 valence electrons. The second-order valence-electron chi connectivity index (χ2n) is 2.95. The van der Waals surface area contributed by atoms with Crippen molar-refractivity contribution in [3.63, 3.8) is 0 Å². The summed E-state index contributed by atoms with van der Waals surface area (Å²) in [5, 5.41) is 12.1. The second kappa shape index (κ2) is 8.02. The van der Waals surface area contributed by atoms with Crippen molar-refractivity contribution in [2.45, 2.75) is 45.6 Å². The third-order valence-electron chi connectivity index (χ3n) is 1.80. The summed E-state index contributed by atoms with van der Waals surface area (Å²) in [6.07, 6.45) is 4.45. The molecule has 0 aliphatic carbocycles. The van der Waals surface area contributed by atoms with Crippen molar-refractivity contribution in [1.29, 1.82) is 0 Å². The lowest BCUT2D eigenvalue weighted by Gasteiger charge is -2.15. The van der Waals surface area contributed by atoms with E-state index in [2.05, 4.69) is 19.2 Å². The van der Waals surface area contributed by atoms with E-state index in [1.54, 1.807) is 0 Å². The highest BCUT2D eigenvalue weighted by Gasteiger charge is 2.03. The smallest absolute Gasteiger partial charge is 0.0445 e. The fraction of sp³-hybridized carbons (Fsp3) is 1.00. The molecule has 0 saturated carbocycles. The lowest BCUT2D eigenvalue weighted by molar-refractivity contribution is 0.260. The Labute approximate surface area is 70.0 Å². The maximum Gasteiger partial charge on any atom is 0.0445 e. The predicted molar refractivity (Wildman–Crippen MR) is 48.7 cm³/mol. The number of aliphatic hydroxyl groups excluding tert-OH is 1. The Bertz CT molecular complexity index is 70.0. The van der Waals surface area contributed by atoms with Crippen LogP contribution in [0.3, 0.4) is 0 Å². The quantitative estimate of drug-likeness (QED) is 0.590. The molecule has 0 aromatic rings. The van der Waals surface area contributed by atoms with Crippen molar-refractivity contribution in [3.8, 4) is 0 Å². The first-order chi connectivity index (χ1) is 5.35. The average molecular weight is 159 g/mol. The molecular weight excluding hydrogens is 138 g/mol. The number of hydrogen-bond acceptors (Lipinski definition) is 2. The maximum atomic E-state index is 8.72.